The molecule has 0 radical (unpaired) electrons. The van der Waals surface area contributed by atoms with E-state index in [0.29, 0.717) is 5.95 Å². The predicted molar refractivity (Wildman–Crippen MR) is 183 cm³/mol. The van der Waals surface area contributed by atoms with Crippen LogP contribution in [0.5, 0.6) is 0 Å². The van der Waals surface area contributed by atoms with E-state index in [1.807, 2.05) is 60.9 Å². The Morgan fingerprint density at radius 1 is 0.478 bits per heavy atom. The fourth-order valence-corrected chi connectivity index (χ4v) is 6.24. The van der Waals surface area contributed by atoms with Crippen LogP contribution < -0.4 is 0 Å². The van der Waals surface area contributed by atoms with Crippen molar-refractivity contribution in [2.75, 3.05) is 0 Å². The van der Waals surface area contributed by atoms with Crippen molar-refractivity contribution in [3.63, 3.8) is 0 Å². The molecule has 5 aromatic heterocycles. The maximum absolute atomic E-state index is 6.59. The van der Waals surface area contributed by atoms with E-state index in [1.54, 1.807) is 12.4 Å². The van der Waals surface area contributed by atoms with Crippen LogP contribution in [0.3, 0.4) is 0 Å². The number of fused-ring (bicyclic) bond motifs is 5. The van der Waals surface area contributed by atoms with Gasteiger partial charge in [-0.3, -0.25) is 14.5 Å². The summed E-state index contributed by atoms with van der Waals surface area (Å²) in [5.74, 6) is 1.43. The Kier molecular flexibility index (Phi) is 6.03. The lowest BCUT2D eigenvalue weighted by atomic mass is 10.0. The lowest BCUT2D eigenvalue weighted by molar-refractivity contribution is 0.635. The Morgan fingerprint density at radius 2 is 1.09 bits per heavy atom. The summed E-state index contributed by atoms with van der Waals surface area (Å²) in [6.07, 6.45) is 7.20. The van der Waals surface area contributed by atoms with Crippen molar-refractivity contribution in [1.29, 1.82) is 0 Å². The molecular weight excluding hydrogens is 566 g/mol. The van der Waals surface area contributed by atoms with Crippen molar-refractivity contribution in [3.05, 3.63) is 152 Å². The molecule has 0 aliphatic carbocycles. The number of nitrogens with zero attached hydrogens (tertiary/aromatic N) is 5. The summed E-state index contributed by atoms with van der Waals surface area (Å²) >= 11 is 0. The molecule has 9 rings (SSSR count). The first-order chi connectivity index (χ1) is 22.8. The fourth-order valence-electron chi connectivity index (χ4n) is 6.24. The zero-order chi connectivity index (χ0) is 30.5. The van der Waals surface area contributed by atoms with Crippen molar-refractivity contribution >= 4 is 32.8 Å². The summed E-state index contributed by atoms with van der Waals surface area (Å²) in [5.41, 5.74) is 9.73. The summed E-state index contributed by atoms with van der Waals surface area (Å²) in [7, 11) is 0. The molecule has 0 bridgehead atoms. The smallest absolute Gasteiger partial charge is 0.235 e. The standard InChI is InChI=1S/C40H25N5O/c1-2-6-30(7-3-1)37-24-31-14-15-36-38(39(31)46-37)32-8-4-5-9-35(32)45(36)40-43-33(25-34(44-40)29-18-22-42-23-19-29)28-12-10-26(11-13-28)27-16-20-41-21-17-27/h1-25H. The molecule has 4 aromatic carbocycles. The first kappa shape index (κ1) is 26.0. The van der Waals surface area contributed by atoms with Gasteiger partial charge in [0.2, 0.25) is 5.95 Å². The van der Waals surface area contributed by atoms with Gasteiger partial charge in [0.15, 0.2) is 0 Å². The van der Waals surface area contributed by atoms with Gasteiger partial charge in [0, 0.05) is 52.3 Å². The van der Waals surface area contributed by atoms with Crippen LogP contribution in [0.4, 0.5) is 0 Å². The highest BCUT2D eigenvalue weighted by Crippen LogP contribution is 2.40. The summed E-state index contributed by atoms with van der Waals surface area (Å²) < 4.78 is 8.74. The molecule has 0 N–H and O–H groups in total. The molecule has 0 atom stereocenters. The van der Waals surface area contributed by atoms with Crippen LogP contribution in [-0.4, -0.2) is 24.5 Å². The average Bonchev–Trinajstić information content (AvgIpc) is 3.72. The van der Waals surface area contributed by atoms with Gasteiger partial charge in [-0.2, -0.15) is 0 Å². The lowest BCUT2D eigenvalue weighted by Gasteiger charge is -2.12. The van der Waals surface area contributed by atoms with Gasteiger partial charge >= 0.3 is 0 Å². The Bertz CT molecular complexity index is 2500. The van der Waals surface area contributed by atoms with Gasteiger partial charge in [-0.05, 0) is 65.7 Å². The molecule has 6 heteroatoms. The van der Waals surface area contributed by atoms with Crippen molar-refractivity contribution in [2.45, 2.75) is 0 Å². The maximum atomic E-state index is 6.59. The molecule has 0 amide bonds. The Morgan fingerprint density at radius 3 is 1.83 bits per heavy atom. The van der Waals surface area contributed by atoms with E-state index in [1.165, 1.54) is 0 Å². The molecule has 0 aliphatic heterocycles. The van der Waals surface area contributed by atoms with E-state index < -0.39 is 0 Å². The number of pyridine rings is 2. The van der Waals surface area contributed by atoms with Crippen LogP contribution in [-0.2, 0) is 0 Å². The normalized spacial score (nSPS) is 11.5. The van der Waals surface area contributed by atoms with Crippen LogP contribution in [0.1, 0.15) is 0 Å². The second-order valence-corrected chi connectivity index (χ2v) is 11.2. The number of rotatable bonds is 5. The molecule has 0 unspecified atom stereocenters. The van der Waals surface area contributed by atoms with E-state index in [-0.39, 0.29) is 0 Å². The zero-order valence-corrected chi connectivity index (χ0v) is 24.6. The first-order valence-electron chi connectivity index (χ1n) is 15.1. The Labute approximate surface area is 264 Å². The number of aromatic nitrogens is 5. The summed E-state index contributed by atoms with van der Waals surface area (Å²) in [5, 5.41) is 3.17. The topological polar surface area (TPSA) is 69.6 Å². The fraction of sp³-hybridized carbons (Fsp3) is 0. The van der Waals surface area contributed by atoms with Crippen LogP contribution in [0, 0.1) is 0 Å². The van der Waals surface area contributed by atoms with E-state index in [4.69, 9.17) is 14.4 Å². The van der Waals surface area contributed by atoms with Crippen LogP contribution in [0.15, 0.2) is 157 Å². The zero-order valence-electron chi connectivity index (χ0n) is 24.6. The molecule has 216 valence electrons. The largest absolute Gasteiger partial charge is 0.455 e. The lowest BCUT2D eigenvalue weighted by Crippen LogP contribution is -2.04. The SMILES string of the molecule is c1ccc(-c2cc3ccc4c(c5ccccc5n4-c4nc(-c5ccncc5)cc(-c5ccc(-c6ccncc6)cc5)n4)c3o2)cc1. The quantitative estimate of drug-likeness (QED) is 0.199. The van der Waals surface area contributed by atoms with Crippen LogP contribution in [0.2, 0.25) is 0 Å². The maximum Gasteiger partial charge on any atom is 0.235 e. The van der Waals surface area contributed by atoms with Gasteiger partial charge in [-0.15, -0.1) is 0 Å². The van der Waals surface area contributed by atoms with Gasteiger partial charge in [-0.25, -0.2) is 9.97 Å². The van der Waals surface area contributed by atoms with Crippen molar-refractivity contribution in [3.8, 4) is 50.9 Å². The van der Waals surface area contributed by atoms with E-state index in [0.717, 1.165) is 77.7 Å². The number of hydrogen-bond donors (Lipinski definition) is 0. The molecule has 0 saturated heterocycles. The minimum absolute atomic E-state index is 0.586. The average molecular weight is 592 g/mol. The highest BCUT2D eigenvalue weighted by Gasteiger charge is 2.20. The molecule has 9 aromatic rings. The predicted octanol–water partition coefficient (Wildman–Crippen LogP) is 9.78. The van der Waals surface area contributed by atoms with Gasteiger partial charge in [0.05, 0.1) is 27.8 Å². The third kappa shape index (κ3) is 4.35. The second kappa shape index (κ2) is 10.6. The minimum atomic E-state index is 0.586. The minimum Gasteiger partial charge on any atom is -0.455 e. The highest BCUT2D eigenvalue weighted by atomic mass is 16.3. The van der Waals surface area contributed by atoms with Gasteiger partial charge in [0.25, 0.3) is 0 Å². The molecule has 5 heterocycles. The van der Waals surface area contributed by atoms with Crippen LogP contribution >= 0.6 is 0 Å². The first-order valence-corrected chi connectivity index (χ1v) is 15.1. The third-order valence-electron chi connectivity index (χ3n) is 8.46. The summed E-state index contributed by atoms with van der Waals surface area (Å²) in [4.78, 5) is 18.7. The molecule has 0 spiro atoms. The van der Waals surface area contributed by atoms with E-state index in [2.05, 4.69) is 93.4 Å². The van der Waals surface area contributed by atoms with Crippen molar-refractivity contribution < 1.29 is 4.42 Å². The van der Waals surface area contributed by atoms with Gasteiger partial charge in [-0.1, -0.05) is 72.8 Å². The van der Waals surface area contributed by atoms with Crippen molar-refractivity contribution in [1.82, 2.24) is 24.5 Å². The Hall–Kier alpha value is -6.40. The molecule has 6 nitrogen and oxygen atoms in total. The summed E-state index contributed by atoms with van der Waals surface area (Å²) in [6, 6.07) is 43.5. The van der Waals surface area contributed by atoms with E-state index in [9.17, 15) is 0 Å². The third-order valence-corrected chi connectivity index (χ3v) is 8.46. The van der Waals surface area contributed by atoms with E-state index >= 15 is 0 Å². The molecule has 46 heavy (non-hydrogen) atoms. The number of para-hydroxylation sites is 1. The van der Waals surface area contributed by atoms with Crippen LogP contribution in [0.25, 0.3) is 83.7 Å². The second-order valence-electron chi connectivity index (χ2n) is 11.2. The number of furan rings is 1. The molecule has 0 fully saturated rings. The van der Waals surface area contributed by atoms with Gasteiger partial charge in [0.1, 0.15) is 11.3 Å². The van der Waals surface area contributed by atoms with Gasteiger partial charge < -0.3 is 4.42 Å². The Balaban J connectivity index is 1.27. The number of hydrogen-bond acceptors (Lipinski definition) is 5. The van der Waals surface area contributed by atoms with Crippen molar-refractivity contribution in [2.24, 2.45) is 0 Å². The number of benzene rings is 4. The summed E-state index contributed by atoms with van der Waals surface area (Å²) in [6.45, 7) is 0. The molecule has 0 saturated carbocycles. The molecule has 0 aliphatic rings. The monoisotopic (exact) mass is 591 g/mol. The molecular formula is C40H25N5O. The highest BCUT2D eigenvalue weighted by molar-refractivity contribution is 6.19.